The van der Waals surface area contributed by atoms with Crippen molar-refractivity contribution in [2.75, 3.05) is 40.8 Å². The van der Waals surface area contributed by atoms with Gasteiger partial charge in [-0.05, 0) is 66.0 Å². The molecule has 0 aromatic heterocycles. The van der Waals surface area contributed by atoms with Crippen LogP contribution in [0.2, 0.25) is 0 Å². The topological polar surface area (TPSA) is 32.5 Å². The van der Waals surface area contributed by atoms with Gasteiger partial charge in [-0.1, -0.05) is 0 Å². The summed E-state index contributed by atoms with van der Waals surface area (Å²) < 4.78 is 0. The molecule has 0 bridgehead atoms. The summed E-state index contributed by atoms with van der Waals surface area (Å²) in [5.41, 5.74) is 5.78. The highest BCUT2D eigenvalue weighted by Gasteiger charge is 2.29. The van der Waals surface area contributed by atoms with E-state index < -0.39 is 0 Å². The van der Waals surface area contributed by atoms with Crippen LogP contribution in [0, 0.1) is 5.92 Å². The third kappa shape index (κ3) is 3.23. The number of hydrogen-bond acceptors (Lipinski definition) is 3. The lowest BCUT2D eigenvalue weighted by Crippen LogP contribution is -2.33. The maximum Gasteiger partial charge on any atom is 0.0133 e. The monoisotopic (exact) mass is 199 g/mol. The Morgan fingerprint density at radius 3 is 2.71 bits per heavy atom. The van der Waals surface area contributed by atoms with Crippen LogP contribution in [-0.2, 0) is 0 Å². The summed E-state index contributed by atoms with van der Waals surface area (Å²) in [6.45, 7) is 3.28. The second-order valence-electron chi connectivity index (χ2n) is 4.78. The number of rotatable bonds is 5. The van der Waals surface area contributed by atoms with Crippen molar-refractivity contribution in [2.45, 2.75) is 25.3 Å². The molecule has 14 heavy (non-hydrogen) atoms. The van der Waals surface area contributed by atoms with Gasteiger partial charge in [0.25, 0.3) is 0 Å². The molecule has 0 aromatic rings. The maximum atomic E-state index is 5.78. The summed E-state index contributed by atoms with van der Waals surface area (Å²) in [6, 6.07) is 0.736. The highest BCUT2D eigenvalue weighted by Crippen LogP contribution is 2.25. The van der Waals surface area contributed by atoms with Crippen LogP contribution in [0.4, 0.5) is 0 Å². The normalized spacial score (nSPS) is 28.9. The molecule has 1 aliphatic heterocycles. The predicted molar refractivity (Wildman–Crippen MR) is 61.4 cm³/mol. The van der Waals surface area contributed by atoms with Crippen molar-refractivity contribution in [2.24, 2.45) is 11.7 Å². The van der Waals surface area contributed by atoms with Crippen molar-refractivity contribution < 1.29 is 0 Å². The van der Waals surface area contributed by atoms with Crippen LogP contribution >= 0.6 is 0 Å². The molecule has 1 rings (SSSR count). The van der Waals surface area contributed by atoms with Gasteiger partial charge in [-0.25, -0.2) is 0 Å². The molecule has 1 saturated heterocycles. The first-order valence-electron chi connectivity index (χ1n) is 5.70. The molecular weight excluding hydrogens is 174 g/mol. The van der Waals surface area contributed by atoms with Gasteiger partial charge in [0.1, 0.15) is 0 Å². The Labute approximate surface area is 88.2 Å². The summed E-state index contributed by atoms with van der Waals surface area (Å²) in [6.07, 6.45) is 3.88. The molecule has 0 radical (unpaired) electrons. The van der Waals surface area contributed by atoms with Gasteiger partial charge in [-0.2, -0.15) is 0 Å². The van der Waals surface area contributed by atoms with Gasteiger partial charge < -0.3 is 15.5 Å². The van der Waals surface area contributed by atoms with E-state index in [2.05, 4.69) is 30.9 Å². The van der Waals surface area contributed by atoms with Gasteiger partial charge in [0.05, 0.1) is 0 Å². The van der Waals surface area contributed by atoms with Crippen molar-refractivity contribution >= 4 is 0 Å². The number of likely N-dealkylation sites (tertiary alicyclic amines) is 1. The lowest BCUT2D eigenvalue weighted by atomic mass is 9.96. The molecular formula is C11H25N3. The molecule has 2 atom stereocenters. The van der Waals surface area contributed by atoms with Crippen molar-refractivity contribution in [3.8, 4) is 0 Å². The quantitative estimate of drug-likeness (QED) is 0.704. The first kappa shape index (κ1) is 12.0. The van der Waals surface area contributed by atoms with Crippen molar-refractivity contribution in [1.29, 1.82) is 0 Å². The standard InChI is InChI=1S/C11H25N3/c1-13(2)7-4-5-11-10(9-12)6-8-14(11)3/h10-11H,4-9,12H2,1-3H3. The fourth-order valence-corrected chi connectivity index (χ4v) is 2.44. The van der Waals surface area contributed by atoms with E-state index in [1.807, 2.05) is 0 Å². The van der Waals surface area contributed by atoms with Crippen LogP contribution in [0.3, 0.4) is 0 Å². The molecule has 1 heterocycles. The largest absolute Gasteiger partial charge is 0.330 e. The summed E-state index contributed by atoms with van der Waals surface area (Å²) in [5, 5.41) is 0. The Balaban J connectivity index is 2.26. The van der Waals surface area contributed by atoms with E-state index in [9.17, 15) is 0 Å². The summed E-state index contributed by atoms with van der Waals surface area (Å²) in [7, 11) is 6.51. The lowest BCUT2D eigenvalue weighted by molar-refractivity contribution is 0.245. The molecule has 1 aliphatic rings. The van der Waals surface area contributed by atoms with Gasteiger partial charge in [0.2, 0.25) is 0 Å². The third-order valence-electron chi connectivity index (χ3n) is 3.37. The SMILES string of the molecule is CN(C)CCCC1C(CN)CCN1C. The minimum absolute atomic E-state index is 0.736. The van der Waals surface area contributed by atoms with E-state index in [0.29, 0.717) is 0 Å². The van der Waals surface area contributed by atoms with Crippen LogP contribution in [-0.4, -0.2) is 56.6 Å². The second-order valence-corrected chi connectivity index (χ2v) is 4.78. The number of nitrogens with two attached hydrogens (primary N) is 1. The first-order chi connectivity index (χ1) is 6.65. The van der Waals surface area contributed by atoms with E-state index in [1.54, 1.807) is 0 Å². The van der Waals surface area contributed by atoms with Crippen LogP contribution in [0.5, 0.6) is 0 Å². The van der Waals surface area contributed by atoms with E-state index in [1.165, 1.54) is 32.4 Å². The predicted octanol–water partition coefficient (Wildman–Crippen LogP) is 0.607. The van der Waals surface area contributed by atoms with Gasteiger partial charge in [-0.15, -0.1) is 0 Å². The van der Waals surface area contributed by atoms with Crippen molar-refractivity contribution in [3.63, 3.8) is 0 Å². The zero-order valence-corrected chi connectivity index (χ0v) is 9.87. The van der Waals surface area contributed by atoms with Gasteiger partial charge >= 0.3 is 0 Å². The fraction of sp³-hybridized carbons (Fsp3) is 1.00. The summed E-state index contributed by atoms with van der Waals surface area (Å²) >= 11 is 0. The Kier molecular flexibility index (Phi) is 4.85. The zero-order chi connectivity index (χ0) is 10.6. The smallest absolute Gasteiger partial charge is 0.0133 e. The first-order valence-corrected chi connectivity index (χ1v) is 5.70. The van der Waals surface area contributed by atoms with Crippen LogP contribution in [0.1, 0.15) is 19.3 Å². The van der Waals surface area contributed by atoms with E-state index >= 15 is 0 Å². The molecule has 2 unspecified atom stereocenters. The number of hydrogen-bond donors (Lipinski definition) is 1. The van der Waals surface area contributed by atoms with Gasteiger partial charge in [-0.3, -0.25) is 0 Å². The maximum absolute atomic E-state index is 5.78. The van der Waals surface area contributed by atoms with E-state index in [4.69, 9.17) is 5.73 Å². The number of nitrogens with zero attached hydrogens (tertiary/aromatic N) is 2. The minimum Gasteiger partial charge on any atom is -0.330 e. The average molecular weight is 199 g/mol. The Hall–Kier alpha value is -0.120. The molecule has 3 heteroatoms. The molecule has 0 aliphatic carbocycles. The lowest BCUT2D eigenvalue weighted by Gasteiger charge is -2.24. The highest BCUT2D eigenvalue weighted by molar-refractivity contribution is 4.85. The van der Waals surface area contributed by atoms with E-state index in [0.717, 1.165) is 18.5 Å². The van der Waals surface area contributed by atoms with Crippen LogP contribution < -0.4 is 5.73 Å². The van der Waals surface area contributed by atoms with Gasteiger partial charge in [0.15, 0.2) is 0 Å². The molecule has 0 spiro atoms. The molecule has 2 N–H and O–H groups in total. The molecule has 84 valence electrons. The highest BCUT2D eigenvalue weighted by atomic mass is 15.2. The fourth-order valence-electron chi connectivity index (χ4n) is 2.44. The Morgan fingerprint density at radius 1 is 1.43 bits per heavy atom. The Bertz CT molecular complexity index is 159. The molecule has 0 aromatic carbocycles. The van der Waals surface area contributed by atoms with Crippen LogP contribution in [0.25, 0.3) is 0 Å². The second kappa shape index (κ2) is 5.69. The molecule has 0 saturated carbocycles. The van der Waals surface area contributed by atoms with Gasteiger partial charge in [0, 0.05) is 6.04 Å². The summed E-state index contributed by atoms with van der Waals surface area (Å²) in [5.74, 6) is 0.738. The zero-order valence-electron chi connectivity index (χ0n) is 9.87. The molecule has 1 fully saturated rings. The molecule has 3 nitrogen and oxygen atoms in total. The average Bonchev–Trinajstić information content (AvgIpc) is 2.47. The minimum atomic E-state index is 0.736. The van der Waals surface area contributed by atoms with E-state index in [-0.39, 0.29) is 0 Å². The Morgan fingerprint density at radius 2 is 2.14 bits per heavy atom. The van der Waals surface area contributed by atoms with Crippen molar-refractivity contribution in [1.82, 2.24) is 9.80 Å². The summed E-state index contributed by atoms with van der Waals surface area (Å²) in [4.78, 5) is 4.74. The molecule has 0 amide bonds. The van der Waals surface area contributed by atoms with Crippen LogP contribution in [0.15, 0.2) is 0 Å². The van der Waals surface area contributed by atoms with Crippen molar-refractivity contribution in [3.05, 3.63) is 0 Å². The third-order valence-corrected chi connectivity index (χ3v) is 3.37.